The summed E-state index contributed by atoms with van der Waals surface area (Å²) in [4.78, 5) is 58.8. The Morgan fingerprint density at radius 3 is 1.67 bits per heavy atom. The summed E-state index contributed by atoms with van der Waals surface area (Å²) in [5, 5.41) is 29.6. The zero-order chi connectivity index (χ0) is 67.3. The maximum absolute atomic E-state index is 13.9. The molecule has 5 heterocycles. The maximum Gasteiger partial charge on any atom is 0.251 e. The van der Waals surface area contributed by atoms with Gasteiger partial charge in [-0.1, -0.05) is 74.8 Å². The summed E-state index contributed by atoms with van der Waals surface area (Å²) in [7, 11) is 0. The van der Waals surface area contributed by atoms with Gasteiger partial charge in [-0.3, -0.25) is 24.2 Å². The van der Waals surface area contributed by atoms with E-state index in [2.05, 4.69) is 218 Å². The van der Waals surface area contributed by atoms with Crippen LogP contribution in [-0.2, 0) is 14.3 Å². The van der Waals surface area contributed by atoms with Gasteiger partial charge in [-0.25, -0.2) is 0 Å². The fourth-order valence-electron chi connectivity index (χ4n) is 14.7. The van der Waals surface area contributed by atoms with Crippen molar-refractivity contribution < 1.29 is 28.7 Å². The molecule has 1 atom stereocenters. The lowest BCUT2D eigenvalue weighted by Gasteiger charge is -2.33. The Kier molecular flexibility index (Phi) is 18.1. The fourth-order valence-corrected chi connectivity index (χ4v) is 14.7. The van der Waals surface area contributed by atoms with Crippen LogP contribution in [0.1, 0.15) is 189 Å². The molecule has 0 saturated carbocycles. The van der Waals surface area contributed by atoms with E-state index in [1.807, 2.05) is 36.4 Å². The standard InChI is InChI=1S/C81H92N8O6/c1-14-15-19-65(85-76(92)54-27-23-52(24-28-54)74-63-39-59-49(4)45-80(10,11)88-68(59)41-70(63)95-71-42-69-60(40-64(71)74)50(5)46-81(12,13)89-69)77(93)84-31-33-94-32-30-82-72(90)20-17-16-18-29-83-75(91)53-25-21-51(22-26-53)73-61-37-57-47(2)43-78(6,7)86-66(57)35-55(61)34-56-36-67-58(38-62(56)73)48(3)44-79(8,9)87-67/h21-28,34-46,65,86-88H,14-20,29-33H2,1-13H3,(H,82,90)(H,83,91)(H,84,93)(H,85,92). The molecule has 14 heteroatoms. The van der Waals surface area contributed by atoms with E-state index < -0.39 is 6.04 Å². The number of rotatable bonds is 21. The molecule has 14 nitrogen and oxygen atoms in total. The number of allylic oxidation sites excluding steroid dienone is 4. The molecule has 4 amide bonds. The molecule has 0 saturated heterocycles. The molecule has 0 aromatic heterocycles. The van der Waals surface area contributed by atoms with Gasteiger partial charge >= 0.3 is 0 Å². The van der Waals surface area contributed by atoms with Crippen LogP contribution in [0.15, 0.2) is 132 Å². The molecule has 5 aliphatic heterocycles. The van der Waals surface area contributed by atoms with Crippen LogP contribution in [0.3, 0.4) is 0 Å². The highest BCUT2D eigenvalue weighted by molar-refractivity contribution is 6.16. The molecule has 0 fully saturated rings. The first-order chi connectivity index (χ1) is 45.2. The summed E-state index contributed by atoms with van der Waals surface area (Å²) < 4.78 is 12.5. The van der Waals surface area contributed by atoms with Gasteiger partial charge in [0.2, 0.25) is 11.8 Å². The minimum Gasteiger partial charge on any atom is -0.456 e. The minimum absolute atomic E-state index is 0.0637. The number of amides is 4. The maximum atomic E-state index is 13.9. The van der Waals surface area contributed by atoms with E-state index in [0.29, 0.717) is 43.5 Å². The van der Waals surface area contributed by atoms with Crippen LogP contribution in [0, 0.1) is 0 Å². The molecule has 5 aliphatic rings. The van der Waals surface area contributed by atoms with Crippen molar-refractivity contribution in [2.75, 3.05) is 48.8 Å². The predicted molar refractivity (Wildman–Crippen MR) is 389 cm³/mol. The monoisotopic (exact) mass is 1270 g/mol. The van der Waals surface area contributed by atoms with E-state index in [0.717, 1.165) is 131 Å². The number of nitrogens with one attached hydrogen (secondary N) is 7. The van der Waals surface area contributed by atoms with Gasteiger partial charge in [0, 0.05) is 105 Å². The molecule has 492 valence electrons. The van der Waals surface area contributed by atoms with Crippen molar-refractivity contribution in [1.29, 1.82) is 0 Å². The summed E-state index contributed by atoms with van der Waals surface area (Å²) in [6.45, 7) is 29.7. The Hall–Kier alpha value is -9.27. The second kappa shape index (κ2) is 26.1. The molecule has 0 spiro atoms. The van der Waals surface area contributed by atoms with Gasteiger partial charge in [-0.05, 0) is 230 Å². The van der Waals surface area contributed by atoms with Gasteiger partial charge in [0.15, 0.2) is 0 Å². The summed E-state index contributed by atoms with van der Waals surface area (Å²) in [6.07, 6.45) is 13.7. The number of hydrogen-bond donors (Lipinski definition) is 7. The molecule has 12 rings (SSSR count). The molecule has 7 aromatic carbocycles. The highest BCUT2D eigenvalue weighted by Crippen LogP contribution is 2.47. The lowest BCUT2D eigenvalue weighted by Crippen LogP contribution is -2.47. The van der Waals surface area contributed by atoms with E-state index in [1.54, 1.807) is 0 Å². The van der Waals surface area contributed by atoms with Gasteiger partial charge in [0.05, 0.1) is 40.7 Å². The van der Waals surface area contributed by atoms with E-state index >= 15 is 0 Å². The van der Waals surface area contributed by atoms with Crippen molar-refractivity contribution in [2.24, 2.45) is 4.99 Å². The Bertz CT molecular complexity index is 4450. The molecule has 7 N–H and O–H groups in total. The first kappa shape index (κ1) is 65.8. The number of unbranched alkanes of at least 4 members (excludes halogenated alkanes) is 3. The number of nitrogens with zero attached hydrogens (tertiary/aromatic N) is 1. The van der Waals surface area contributed by atoms with Gasteiger partial charge in [0.25, 0.3) is 11.8 Å². The number of hydrogen-bond acceptors (Lipinski definition) is 10. The van der Waals surface area contributed by atoms with Crippen LogP contribution >= 0.6 is 0 Å². The third-order valence-corrected chi connectivity index (χ3v) is 18.8. The predicted octanol–water partition coefficient (Wildman–Crippen LogP) is 15.2. The summed E-state index contributed by atoms with van der Waals surface area (Å²) in [5.74, 6) is 0.658. The highest BCUT2D eigenvalue weighted by Gasteiger charge is 2.32. The molecule has 95 heavy (non-hydrogen) atoms. The second-order valence-electron chi connectivity index (χ2n) is 29.0. The Morgan fingerprint density at radius 1 is 0.526 bits per heavy atom. The van der Waals surface area contributed by atoms with Crippen LogP contribution in [0.2, 0.25) is 0 Å². The molecule has 0 radical (unpaired) electrons. The molecule has 7 aromatic rings. The van der Waals surface area contributed by atoms with E-state index in [4.69, 9.17) is 14.5 Å². The number of fused-ring (bicyclic) bond motifs is 8. The van der Waals surface area contributed by atoms with Gasteiger partial charge in [-0.15, -0.1) is 0 Å². The largest absolute Gasteiger partial charge is 0.456 e. The van der Waals surface area contributed by atoms with E-state index in [-0.39, 0.29) is 65.5 Å². The van der Waals surface area contributed by atoms with Gasteiger partial charge in [-0.2, -0.15) is 0 Å². The van der Waals surface area contributed by atoms with Crippen molar-refractivity contribution in [1.82, 2.24) is 21.3 Å². The van der Waals surface area contributed by atoms with Crippen LogP contribution in [0.5, 0.6) is 11.5 Å². The number of carbonyl (C=O) groups is 4. The number of anilines is 3. The first-order valence-electron chi connectivity index (χ1n) is 34.0. The average molecular weight is 1270 g/mol. The molecule has 0 aliphatic carbocycles. The Labute approximate surface area is 559 Å². The molecule has 0 bridgehead atoms. The average Bonchev–Trinajstić information content (AvgIpc) is 0.736. The van der Waals surface area contributed by atoms with E-state index in [1.165, 1.54) is 27.8 Å². The fraction of sp³-hybridized carbons (Fsp3) is 0.370. The highest BCUT2D eigenvalue weighted by atomic mass is 16.5. The summed E-state index contributed by atoms with van der Waals surface area (Å²) in [6, 6.07) is 34.9. The zero-order valence-corrected chi connectivity index (χ0v) is 57.6. The van der Waals surface area contributed by atoms with Gasteiger partial charge < -0.3 is 46.7 Å². The number of benzene rings is 7. The van der Waals surface area contributed by atoms with E-state index in [9.17, 15) is 19.2 Å². The molecular weight excluding hydrogens is 1180 g/mol. The van der Waals surface area contributed by atoms with Crippen molar-refractivity contribution in [2.45, 2.75) is 163 Å². The smallest absolute Gasteiger partial charge is 0.251 e. The van der Waals surface area contributed by atoms with Crippen LogP contribution in [0.25, 0.3) is 60.5 Å². The van der Waals surface area contributed by atoms with Crippen molar-refractivity contribution in [3.05, 3.63) is 183 Å². The zero-order valence-electron chi connectivity index (χ0n) is 57.6. The quantitative estimate of drug-likeness (QED) is 0.0272. The van der Waals surface area contributed by atoms with Crippen LogP contribution < -0.4 is 52.5 Å². The van der Waals surface area contributed by atoms with Crippen molar-refractivity contribution in [3.8, 4) is 22.6 Å². The van der Waals surface area contributed by atoms with Crippen LogP contribution in [0.4, 0.5) is 17.1 Å². The Morgan fingerprint density at radius 2 is 1.07 bits per heavy atom. The SMILES string of the molecule is CCCCC(NC(=O)c1ccc(C2=c3cc4c(cc3Oc3cc5c(cc32)C(C)=CC(C)(C)N5)=NC(C)(C)C=C4C)cc1)C(=O)NCCOCCNC(=O)CCCCCNC(=O)c1ccc(-c2c3cc4c(cc3cc3cc5c(cc23)C(C)=CC(C)(C)N5)NC(C)(C)C=C4C)cc1. The van der Waals surface area contributed by atoms with Crippen molar-refractivity contribution >= 4 is 90.1 Å². The molecular formula is C81H92N8O6. The topological polar surface area (TPSA) is 183 Å². The lowest BCUT2D eigenvalue weighted by molar-refractivity contribution is -0.123. The van der Waals surface area contributed by atoms with Gasteiger partial charge in [0.1, 0.15) is 17.5 Å². The summed E-state index contributed by atoms with van der Waals surface area (Å²) in [5.41, 5.74) is 17.9. The normalized spacial score (nSPS) is 16.7. The minimum atomic E-state index is -0.735. The first-order valence-corrected chi connectivity index (χ1v) is 34.0. The lowest BCUT2D eigenvalue weighted by atomic mass is 9.84. The van der Waals surface area contributed by atoms with Crippen molar-refractivity contribution in [3.63, 3.8) is 0 Å². The van der Waals surface area contributed by atoms with Crippen LogP contribution in [-0.4, -0.2) is 84.7 Å². The third kappa shape index (κ3) is 14.3. The number of carbonyl (C=O) groups excluding carboxylic acids is 4. The Balaban J connectivity index is 0.594. The second-order valence-corrected chi connectivity index (χ2v) is 29.0. The third-order valence-electron chi connectivity index (χ3n) is 18.8. The molecule has 1 unspecified atom stereocenters. The number of ether oxygens (including phenoxy) is 2. The summed E-state index contributed by atoms with van der Waals surface area (Å²) >= 11 is 0.